The van der Waals surface area contributed by atoms with Crippen molar-refractivity contribution in [2.24, 2.45) is 7.05 Å². The number of unbranched alkanes of at least 4 members (excludes halogenated alkanes) is 1. The first-order chi connectivity index (χ1) is 17.6. The fourth-order valence-corrected chi connectivity index (χ4v) is 4.27. The zero-order chi connectivity index (χ0) is 25.3. The van der Waals surface area contributed by atoms with Gasteiger partial charge in [0.1, 0.15) is 23.0 Å². The molecule has 4 aromatic rings. The van der Waals surface area contributed by atoms with Crippen LogP contribution in [-0.4, -0.2) is 39.5 Å². The Labute approximate surface area is 212 Å². The molecule has 36 heavy (non-hydrogen) atoms. The van der Waals surface area contributed by atoms with Gasteiger partial charge in [-0.25, -0.2) is 4.68 Å². The van der Waals surface area contributed by atoms with Gasteiger partial charge in [-0.1, -0.05) is 50.1 Å². The van der Waals surface area contributed by atoms with Gasteiger partial charge in [0.15, 0.2) is 0 Å². The summed E-state index contributed by atoms with van der Waals surface area (Å²) >= 11 is 0. The summed E-state index contributed by atoms with van der Waals surface area (Å²) in [7, 11) is 3.53. The number of aromatic nitrogens is 2. The van der Waals surface area contributed by atoms with Crippen LogP contribution in [0.5, 0.6) is 17.4 Å². The Morgan fingerprint density at radius 2 is 1.75 bits per heavy atom. The molecular weight excluding hydrogens is 454 g/mol. The highest BCUT2D eigenvalue weighted by Gasteiger charge is 2.24. The van der Waals surface area contributed by atoms with Crippen LogP contribution in [0.15, 0.2) is 77.4 Å². The van der Waals surface area contributed by atoms with Crippen molar-refractivity contribution in [3.05, 3.63) is 84.3 Å². The van der Waals surface area contributed by atoms with Crippen molar-refractivity contribution in [3.8, 4) is 28.6 Å². The van der Waals surface area contributed by atoms with E-state index in [9.17, 15) is 5.11 Å². The van der Waals surface area contributed by atoms with Crippen molar-refractivity contribution in [2.45, 2.75) is 45.4 Å². The molecule has 0 saturated heterocycles. The summed E-state index contributed by atoms with van der Waals surface area (Å²) in [5.74, 6) is 2.97. The lowest BCUT2D eigenvalue weighted by Crippen LogP contribution is -2.32. The zero-order valence-electron chi connectivity index (χ0n) is 21.3. The van der Waals surface area contributed by atoms with Crippen molar-refractivity contribution in [3.63, 3.8) is 0 Å². The van der Waals surface area contributed by atoms with E-state index >= 15 is 0 Å². The van der Waals surface area contributed by atoms with Crippen LogP contribution in [-0.2, 0) is 20.1 Å². The smallest absolute Gasteiger partial charge is 0.222 e. The largest absolute Gasteiger partial charge is 0.497 e. The molecule has 0 aliphatic carbocycles. The van der Waals surface area contributed by atoms with Crippen molar-refractivity contribution in [1.82, 2.24) is 14.7 Å². The van der Waals surface area contributed by atoms with Crippen LogP contribution in [0.3, 0.4) is 0 Å². The van der Waals surface area contributed by atoms with Crippen molar-refractivity contribution < 1.29 is 19.0 Å². The second-order valence-electron chi connectivity index (χ2n) is 8.94. The second kappa shape index (κ2) is 12.4. The minimum absolute atomic E-state index is 0.428. The standard InChI is InChI=1S/C29H35N3O4/c1-4-5-12-23(33)19-32(20-26-13-9-18-35-26)21-27-28(22-10-7-6-8-11-22)30-31(2)29(27)36-25-16-14-24(34-3)15-17-25/h6-11,13-18,23,33H,4-5,12,19-21H2,1-3H3/t23-/m0/s1. The quantitative estimate of drug-likeness (QED) is 0.247. The third kappa shape index (κ3) is 6.56. The number of ether oxygens (including phenoxy) is 2. The summed E-state index contributed by atoms with van der Waals surface area (Å²) in [6, 6.07) is 21.5. The van der Waals surface area contributed by atoms with Gasteiger partial charge >= 0.3 is 0 Å². The molecular formula is C29H35N3O4. The number of hydrogen-bond donors (Lipinski definition) is 1. The Morgan fingerprint density at radius 3 is 2.42 bits per heavy atom. The van der Waals surface area contributed by atoms with Crippen LogP contribution in [0.4, 0.5) is 0 Å². The molecule has 1 N–H and O–H groups in total. The number of nitrogens with zero attached hydrogens (tertiary/aromatic N) is 3. The SMILES string of the molecule is CCCC[C@H](O)CN(Cc1ccco1)Cc1c(-c2ccccc2)nn(C)c1Oc1ccc(OC)cc1. The molecule has 0 amide bonds. The molecule has 0 fully saturated rings. The predicted molar refractivity (Wildman–Crippen MR) is 140 cm³/mol. The first-order valence-electron chi connectivity index (χ1n) is 12.4. The van der Waals surface area contributed by atoms with E-state index in [-0.39, 0.29) is 0 Å². The van der Waals surface area contributed by atoms with E-state index < -0.39 is 6.10 Å². The van der Waals surface area contributed by atoms with E-state index in [1.165, 1.54) is 0 Å². The molecule has 0 radical (unpaired) electrons. The van der Waals surface area contributed by atoms with Gasteiger partial charge in [-0.15, -0.1) is 0 Å². The number of rotatable bonds is 13. The minimum Gasteiger partial charge on any atom is -0.497 e. The maximum Gasteiger partial charge on any atom is 0.222 e. The number of furan rings is 1. The van der Waals surface area contributed by atoms with Crippen LogP contribution in [0.2, 0.25) is 0 Å². The van der Waals surface area contributed by atoms with E-state index in [4.69, 9.17) is 19.0 Å². The highest BCUT2D eigenvalue weighted by Crippen LogP contribution is 2.35. The van der Waals surface area contributed by atoms with Crippen LogP contribution in [0.1, 0.15) is 37.5 Å². The molecule has 2 heterocycles. The molecule has 0 aliphatic rings. The maximum atomic E-state index is 10.8. The fraction of sp³-hybridized carbons (Fsp3) is 0.345. The van der Waals surface area contributed by atoms with E-state index in [2.05, 4.69) is 24.0 Å². The topological polar surface area (TPSA) is 72.9 Å². The van der Waals surface area contributed by atoms with E-state index in [1.54, 1.807) is 18.1 Å². The Morgan fingerprint density at radius 1 is 1.00 bits per heavy atom. The maximum absolute atomic E-state index is 10.8. The molecule has 0 bridgehead atoms. The summed E-state index contributed by atoms with van der Waals surface area (Å²) in [5.41, 5.74) is 2.82. The highest BCUT2D eigenvalue weighted by molar-refractivity contribution is 5.65. The Hall–Kier alpha value is -3.55. The molecule has 0 unspecified atom stereocenters. The average molecular weight is 490 g/mol. The molecule has 0 aliphatic heterocycles. The highest BCUT2D eigenvalue weighted by atomic mass is 16.5. The summed E-state index contributed by atoms with van der Waals surface area (Å²) in [5, 5.41) is 15.6. The van der Waals surface area contributed by atoms with Gasteiger partial charge in [0, 0.05) is 25.7 Å². The van der Waals surface area contributed by atoms with Crippen LogP contribution >= 0.6 is 0 Å². The third-order valence-electron chi connectivity index (χ3n) is 6.11. The average Bonchev–Trinajstić information content (AvgIpc) is 3.52. The Balaban J connectivity index is 1.69. The van der Waals surface area contributed by atoms with Gasteiger partial charge < -0.3 is 19.0 Å². The number of aliphatic hydroxyl groups is 1. The fourth-order valence-electron chi connectivity index (χ4n) is 4.27. The summed E-state index contributed by atoms with van der Waals surface area (Å²) in [6.45, 7) is 3.76. The number of methoxy groups -OCH3 is 1. The lowest BCUT2D eigenvalue weighted by Gasteiger charge is -2.25. The number of hydrogen-bond acceptors (Lipinski definition) is 6. The Bertz CT molecular complexity index is 1190. The summed E-state index contributed by atoms with van der Waals surface area (Å²) in [4.78, 5) is 2.20. The van der Waals surface area contributed by atoms with Gasteiger partial charge in [-0.05, 0) is 42.8 Å². The molecule has 2 aromatic carbocycles. The van der Waals surface area contributed by atoms with Gasteiger partial charge in [0.05, 0.1) is 31.6 Å². The minimum atomic E-state index is -0.428. The molecule has 7 nitrogen and oxygen atoms in total. The number of benzene rings is 2. The van der Waals surface area contributed by atoms with Crippen molar-refractivity contribution >= 4 is 0 Å². The van der Waals surface area contributed by atoms with Crippen molar-refractivity contribution in [2.75, 3.05) is 13.7 Å². The van der Waals surface area contributed by atoms with Crippen molar-refractivity contribution in [1.29, 1.82) is 0 Å². The van der Waals surface area contributed by atoms with Crippen LogP contribution < -0.4 is 9.47 Å². The van der Waals surface area contributed by atoms with E-state index in [1.807, 2.05) is 61.6 Å². The molecule has 7 heteroatoms. The first kappa shape index (κ1) is 25.5. The molecule has 190 valence electrons. The van der Waals surface area contributed by atoms with Gasteiger partial charge in [0.25, 0.3) is 0 Å². The normalized spacial score (nSPS) is 12.1. The second-order valence-corrected chi connectivity index (χ2v) is 8.94. The number of aryl methyl sites for hydroxylation is 1. The zero-order valence-corrected chi connectivity index (χ0v) is 21.3. The molecule has 0 spiro atoms. The lowest BCUT2D eigenvalue weighted by atomic mass is 10.1. The molecule has 1 atom stereocenters. The molecule has 4 rings (SSSR count). The van der Waals surface area contributed by atoms with Crippen LogP contribution in [0.25, 0.3) is 11.3 Å². The first-order valence-corrected chi connectivity index (χ1v) is 12.4. The van der Waals surface area contributed by atoms with E-state index in [0.29, 0.717) is 31.3 Å². The van der Waals surface area contributed by atoms with Gasteiger partial charge in [0.2, 0.25) is 5.88 Å². The summed E-state index contributed by atoms with van der Waals surface area (Å²) < 4.78 is 19.1. The lowest BCUT2D eigenvalue weighted by molar-refractivity contribution is 0.0917. The summed E-state index contributed by atoms with van der Waals surface area (Å²) in [6.07, 6.45) is 4.06. The monoisotopic (exact) mass is 489 g/mol. The number of aliphatic hydroxyl groups excluding tert-OH is 1. The third-order valence-corrected chi connectivity index (χ3v) is 6.11. The Kier molecular flexibility index (Phi) is 8.81. The van der Waals surface area contributed by atoms with Gasteiger partial charge in [-0.3, -0.25) is 4.90 Å². The van der Waals surface area contributed by atoms with Crippen LogP contribution in [0, 0.1) is 0 Å². The van der Waals surface area contributed by atoms with E-state index in [0.717, 1.165) is 47.6 Å². The van der Waals surface area contributed by atoms with Gasteiger partial charge in [-0.2, -0.15) is 5.10 Å². The predicted octanol–water partition coefficient (Wildman–Crippen LogP) is 6.03. The molecule has 2 aromatic heterocycles. The molecule has 0 saturated carbocycles.